The van der Waals surface area contributed by atoms with Crippen LogP contribution in [0, 0.1) is 12.8 Å². The third-order valence-electron chi connectivity index (χ3n) is 2.82. The zero-order valence-electron chi connectivity index (χ0n) is 9.48. The summed E-state index contributed by atoms with van der Waals surface area (Å²) in [4.78, 5) is 28.5. The number of carbonyl (C=O) groups is 2. The summed E-state index contributed by atoms with van der Waals surface area (Å²) >= 11 is 6.69. The summed E-state index contributed by atoms with van der Waals surface area (Å²) in [5, 5.41) is 8.95. The van der Waals surface area contributed by atoms with E-state index in [9.17, 15) is 9.59 Å². The second-order valence-electron chi connectivity index (χ2n) is 4.10. The molecule has 96 valence electrons. The van der Waals surface area contributed by atoms with Crippen LogP contribution in [0.1, 0.15) is 12.1 Å². The number of carboxylic acid groups (broad SMARTS) is 1. The van der Waals surface area contributed by atoms with E-state index in [0.29, 0.717) is 10.3 Å². The lowest BCUT2D eigenvalue weighted by Crippen LogP contribution is -2.27. The third-order valence-corrected chi connectivity index (χ3v) is 4.20. The quantitative estimate of drug-likeness (QED) is 0.858. The van der Waals surface area contributed by atoms with Crippen LogP contribution in [0.2, 0.25) is 0 Å². The van der Waals surface area contributed by atoms with Crippen LogP contribution in [0.15, 0.2) is 15.0 Å². The zero-order valence-corrected chi connectivity index (χ0v) is 12.7. The van der Waals surface area contributed by atoms with Gasteiger partial charge in [-0.2, -0.15) is 0 Å². The molecule has 1 fully saturated rings. The first-order chi connectivity index (χ1) is 8.40. The Morgan fingerprint density at radius 3 is 2.72 bits per heavy atom. The van der Waals surface area contributed by atoms with Crippen molar-refractivity contribution in [3.8, 4) is 0 Å². The molecule has 1 N–H and O–H groups in total. The lowest BCUT2D eigenvalue weighted by atomic mass is 10.1. The summed E-state index contributed by atoms with van der Waals surface area (Å²) in [6.07, 6.45) is 0.0264. The topological polar surface area (TPSA) is 70.5 Å². The van der Waals surface area contributed by atoms with Crippen molar-refractivity contribution in [3.05, 3.63) is 20.7 Å². The number of aromatic nitrogens is 1. The van der Waals surface area contributed by atoms with Crippen LogP contribution in [0.4, 0.5) is 5.82 Å². The van der Waals surface area contributed by atoms with Gasteiger partial charge in [-0.05, 0) is 44.8 Å². The highest BCUT2D eigenvalue weighted by Crippen LogP contribution is 2.32. The van der Waals surface area contributed by atoms with Crippen LogP contribution in [0.5, 0.6) is 0 Å². The molecular weight excluding hydrogens is 368 g/mol. The number of rotatable bonds is 2. The molecule has 0 aromatic carbocycles. The van der Waals surface area contributed by atoms with Gasteiger partial charge in [0, 0.05) is 17.4 Å². The maximum absolute atomic E-state index is 11.8. The number of hydrogen-bond acceptors (Lipinski definition) is 3. The maximum atomic E-state index is 11.8. The Kier molecular flexibility index (Phi) is 3.72. The van der Waals surface area contributed by atoms with E-state index in [2.05, 4.69) is 36.8 Å². The van der Waals surface area contributed by atoms with E-state index in [1.807, 2.05) is 6.92 Å². The smallest absolute Gasteiger partial charge is 0.308 e. The molecule has 1 atom stereocenters. The molecule has 2 heterocycles. The van der Waals surface area contributed by atoms with Gasteiger partial charge in [0.25, 0.3) is 0 Å². The second-order valence-corrected chi connectivity index (χ2v) is 5.81. The van der Waals surface area contributed by atoms with E-state index >= 15 is 0 Å². The average Bonchev–Trinajstić information content (AvgIpc) is 2.66. The SMILES string of the molecule is Cc1nc(N2CC(C(=O)O)CC2=O)c(Br)cc1Br. The number of carboxylic acids is 1. The molecule has 1 saturated heterocycles. The summed E-state index contributed by atoms with van der Waals surface area (Å²) in [6.45, 7) is 1.98. The van der Waals surface area contributed by atoms with Gasteiger partial charge in [0.1, 0.15) is 5.82 Å². The Balaban J connectivity index is 2.35. The molecule has 1 aromatic heterocycles. The van der Waals surface area contributed by atoms with Crippen molar-refractivity contribution in [2.75, 3.05) is 11.4 Å². The zero-order chi connectivity index (χ0) is 13.4. The molecule has 1 amide bonds. The average molecular weight is 378 g/mol. The van der Waals surface area contributed by atoms with E-state index < -0.39 is 11.9 Å². The standard InChI is InChI=1S/C11H10Br2N2O3/c1-5-7(12)3-8(13)10(14-5)15-4-6(11(17)18)2-9(15)16/h3,6H,2,4H2,1H3,(H,17,18). The van der Waals surface area contributed by atoms with Gasteiger partial charge >= 0.3 is 5.97 Å². The Morgan fingerprint density at radius 2 is 2.17 bits per heavy atom. The van der Waals surface area contributed by atoms with E-state index in [-0.39, 0.29) is 18.9 Å². The Hall–Kier alpha value is -0.950. The molecule has 18 heavy (non-hydrogen) atoms. The minimum absolute atomic E-state index is 0.0264. The lowest BCUT2D eigenvalue weighted by Gasteiger charge is -2.17. The van der Waals surface area contributed by atoms with Gasteiger partial charge in [-0.25, -0.2) is 4.98 Å². The molecule has 7 heteroatoms. The molecule has 5 nitrogen and oxygen atoms in total. The highest BCUT2D eigenvalue weighted by molar-refractivity contribution is 9.11. The van der Waals surface area contributed by atoms with Gasteiger partial charge in [0.2, 0.25) is 5.91 Å². The summed E-state index contributed by atoms with van der Waals surface area (Å²) in [5.74, 6) is -1.34. The molecule has 1 unspecified atom stereocenters. The highest BCUT2D eigenvalue weighted by Gasteiger charge is 2.36. The van der Waals surface area contributed by atoms with Crippen molar-refractivity contribution in [1.29, 1.82) is 0 Å². The summed E-state index contributed by atoms with van der Waals surface area (Å²) in [5.41, 5.74) is 0.750. The Morgan fingerprint density at radius 1 is 1.50 bits per heavy atom. The fraction of sp³-hybridized carbons (Fsp3) is 0.364. The first kappa shape index (κ1) is 13.5. The van der Waals surface area contributed by atoms with E-state index in [0.717, 1.165) is 10.2 Å². The van der Waals surface area contributed by atoms with E-state index in [1.54, 1.807) is 6.07 Å². The van der Waals surface area contributed by atoms with Crippen molar-refractivity contribution in [2.24, 2.45) is 5.92 Å². The molecule has 0 saturated carbocycles. The van der Waals surface area contributed by atoms with Gasteiger partial charge in [-0.3, -0.25) is 14.5 Å². The number of aliphatic carboxylic acids is 1. The van der Waals surface area contributed by atoms with Gasteiger partial charge in [-0.1, -0.05) is 0 Å². The minimum Gasteiger partial charge on any atom is -0.481 e. The normalized spacial score (nSPS) is 19.4. The van der Waals surface area contributed by atoms with E-state index in [1.165, 1.54) is 4.90 Å². The first-order valence-electron chi connectivity index (χ1n) is 5.26. The van der Waals surface area contributed by atoms with Crippen molar-refractivity contribution in [2.45, 2.75) is 13.3 Å². The van der Waals surface area contributed by atoms with Gasteiger partial charge < -0.3 is 5.11 Å². The summed E-state index contributed by atoms with van der Waals surface area (Å²) in [6, 6.07) is 1.80. The van der Waals surface area contributed by atoms with E-state index in [4.69, 9.17) is 5.11 Å². The Bertz CT molecular complexity index is 533. The van der Waals surface area contributed by atoms with Crippen molar-refractivity contribution in [3.63, 3.8) is 0 Å². The van der Waals surface area contributed by atoms with Crippen molar-refractivity contribution < 1.29 is 14.7 Å². The molecule has 2 rings (SSSR count). The predicted octanol–water partition coefficient (Wildman–Crippen LogP) is 2.35. The second kappa shape index (κ2) is 4.97. The lowest BCUT2D eigenvalue weighted by molar-refractivity contribution is -0.141. The number of amides is 1. The molecule has 1 aromatic rings. The fourth-order valence-corrected chi connectivity index (χ4v) is 2.97. The number of halogens is 2. The number of nitrogens with zero attached hydrogens (tertiary/aromatic N) is 2. The largest absolute Gasteiger partial charge is 0.481 e. The molecule has 1 aliphatic rings. The Labute approximate surface area is 120 Å². The van der Waals surface area contributed by atoms with Crippen LogP contribution in [0.25, 0.3) is 0 Å². The number of carbonyl (C=O) groups excluding carboxylic acids is 1. The third kappa shape index (κ3) is 2.42. The molecule has 1 aliphatic heterocycles. The monoisotopic (exact) mass is 376 g/mol. The van der Waals surface area contributed by atoms with Crippen LogP contribution in [-0.2, 0) is 9.59 Å². The van der Waals surface area contributed by atoms with Crippen LogP contribution < -0.4 is 4.90 Å². The number of hydrogen-bond donors (Lipinski definition) is 1. The molecule has 0 aliphatic carbocycles. The molecule has 0 bridgehead atoms. The van der Waals surface area contributed by atoms with Crippen LogP contribution in [0.3, 0.4) is 0 Å². The first-order valence-corrected chi connectivity index (χ1v) is 6.84. The predicted molar refractivity (Wildman–Crippen MR) is 72.5 cm³/mol. The van der Waals surface area contributed by atoms with Crippen molar-refractivity contribution >= 4 is 49.6 Å². The van der Waals surface area contributed by atoms with Crippen molar-refractivity contribution in [1.82, 2.24) is 4.98 Å². The molecule has 0 spiro atoms. The fourth-order valence-electron chi connectivity index (χ4n) is 1.81. The van der Waals surface area contributed by atoms with Gasteiger partial charge in [0.05, 0.1) is 16.1 Å². The number of anilines is 1. The summed E-state index contributed by atoms with van der Waals surface area (Å²) < 4.78 is 1.50. The van der Waals surface area contributed by atoms with Crippen LogP contribution >= 0.6 is 31.9 Å². The number of pyridine rings is 1. The van der Waals surface area contributed by atoms with Gasteiger partial charge in [-0.15, -0.1) is 0 Å². The summed E-state index contributed by atoms with van der Waals surface area (Å²) in [7, 11) is 0. The maximum Gasteiger partial charge on any atom is 0.308 e. The molecule has 0 radical (unpaired) electrons. The minimum atomic E-state index is -0.948. The highest BCUT2D eigenvalue weighted by atomic mass is 79.9. The number of aryl methyl sites for hydroxylation is 1. The van der Waals surface area contributed by atoms with Gasteiger partial charge in [0.15, 0.2) is 0 Å². The van der Waals surface area contributed by atoms with Crippen LogP contribution in [-0.4, -0.2) is 28.5 Å². The molecular formula is C11H10Br2N2O3.